The van der Waals surface area contributed by atoms with Crippen molar-refractivity contribution in [3.05, 3.63) is 36.4 Å². The Morgan fingerprint density at radius 1 is 0.600 bits per heavy atom. The van der Waals surface area contributed by atoms with Crippen molar-refractivity contribution in [1.82, 2.24) is 0 Å². The predicted octanol–water partition coefficient (Wildman–Crippen LogP) is 1.20. The van der Waals surface area contributed by atoms with Crippen molar-refractivity contribution in [3.8, 4) is 0 Å². The smallest absolute Gasteiger partial charge is 0.0727 e. The molecule has 2 aliphatic rings. The van der Waals surface area contributed by atoms with Crippen molar-refractivity contribution in [2.45, 2.75) is 49.0 Å². The first kappa shape index (κ1) is 16.0. The third-order valence-corrected chi connectivity index (χ3v) is 9.42. The van der Waals surface area contributed by atoms with Crippen LogP contribution >= 0.6 is 0 Å². The molecule has 2 unspecified atom stereocenters. The van der Waals surface area contributed by atoms with Crippen molar-refractivity contribution in [2.24, 2.45) is 0 Å². The predicted molar refractivity (Wildman–Crippen MR) is 91.4 cm³/mol. The van der Waals surface area contributed by atoms with Crippen LogP contribution in [0.3, 0.4) is 0 Å². The molecule has 2 heterocycles. The summed E-state index contributed by atoms with van der Waals surface area (Å²) in [5.41, 5.74) is 0. The van der Waals surface area contributed by atoms with Crippen LogP contribution in [0.2, 0.25) is 0 Å². The van der Waals surface area contributed by atoms with Crippen molar-refractivity contribution < 1.29 is 9.47 Å². The molecule has 0 spiro atoms. The van der Waals surface area contributed by atoms with Crippen molar-refractivity contribution in [3.63, 3.8) is 0 Å². The Hall–Kier alpha value is -0.426. The SMILES string of the molecule is [SiH3]C1(C2([SiH3])CCCCO2)CCCCO1.c1ccccc1. The van der Waals surface area contributed by atoms with E-state index in [1.165, 1.54) is 38.5 Å². The fraction of sp³-hybridized carbons (Fsp3) is 0.625. The van der Waals surface area contributed by atoms with Crippen molar-refractivity contribution in [1.29, 1.82) is 0 Å². The highest BCUT2D eigenvalue weighted by molar-refractivity contribution is 6.25. The summed E-state index contributed by atoms with van der Waals surface area (Å²) >= 11 is 0. The van der Waals surface area contributed by atoms with Crippen LogP contribution in [0.25, 0.3) is 0 Å². The molecule has 112 valence electrons. The van der Waals surface area contributed by atoms with Gasteiger partial charge in [0, 0.05) is 33.7 Å². The van der Waals surface area contributed by atoms with Crippen molar-refractivity contribution in [2.75, 3.05) is 13.2 Å². The molecule has 0 amide bonds. The van der Waals surface area contributed by atoms with Crippen LogP contribution in [0.15, 0.2) is 36.4 Å². The molecule has 0 N–H and O–H groups in total. The molecule has 20 heavy (non-hydrogen) atoms. The number of ether oxygens (including phenoxy) is 2. The van der Waals surface area contributed by atoms with Crippen LogP contribution in [0.4, 0.5) is 0 Å². The summed E-state index contributed by atoms with van der Waals surface area (Å²) < 4.78 is 12.2. The van der Waals surface area contributed by atoms with Gasteiger partial charge in [-0.3, -0.25) is 0 Å². The van der Waals surface area contributed by atoms with E-state index >= 15 is 0 Å². The monoisotopic (exact) mass is 308 g/mol. The Balaban J connectivity index is 0.000000205. The molecule has 3 rings (SSSR count). The van der Waals surface area contributed by atoms with E-state index in [0.29, 0.717) is 0 Å². The largest absolute Gasteiger partial charge is 0.377 e. The second-order valence-corrected chi connectivity index (χ2v) is 9.46. The van der Waals surface area contributed by atoms with E-state index < -0.39 is 0 Å². The van der Waals surface area contributed by atoms with Crippen LogP contribution < -0.4 is 0 Å². The molecule has 0 radical (unpaired) electrons. The second kappa shape index (κ2) is 7.54. The Morgan fingerprint density at radius 3 is 1.20 bits per heavy atom. The highest BCUT2D eigenvalue weighted by Gasteiger charge is 2.47. The first-order chi connectivity index (χ1) is 9.66. The molecule has 2 atom stereocenters. The topological polar surface area (TPSA) is 18.5 Å². The van der Waals surface area contributed by atoms with Gasteiger partial charge in [-0.2, -0.15) is 0 Å². The van der Waals surface area contributed by atoms with Gasteiger partial charge in [0.2, 0.25) is 0 Å². The molecule has 0 aromatic heterocycles. The average Bonchev–Trinajstić information content (AvgIpc) is 2.51. The van der Waals surface area contributed by atoms with Crippen LogP contribution in [0.5, 0.6) is 0 Å². The van der Waals surface area contributed by atoms with Gasteiger partial charge in [-0.15, -0.1) is 0 Å². The average molecular weight is 309 g/mol. The lowest BCUT2D eigenvalue weighted by Crippen LogP contribution is -2.61. The first-order valence-electron chi connectivity index (χ1n) is 7.94. The van der Waals surface area contributed by atoms with Gasteiger partial charge in [-0.05, 0) is 38.5 Å². The Labute approximate surface area is 129 Å². The molecule has 2 fully saturated rings. The summed E-state index contributed by atoms with van der Waals surface area (Å²) in [7, 11) is 2.27. The summed E-state index contributed by atoms with van der Waals surface area (Å²) in [6.45, 7) is 1.94. The first-order valence-corrected chi connectivity index (χ1v) is 9.94. The summed E-state index contributed by atoms with van der Waals surface area (Å²) in [6, 6.07) is 12.0. The standard InChI is InChI=1S/C10H22O2Si2.C6H6/c13-9(5-1-3-7-11-9)10(14)6-2-4-8-12-10;1-2-4-6-5-3-1/h1-8H2,13-14H3;1-6H. The number of benzene rings is 1. The Kier molecular flexibility index (Phi) is 6.02. The maximum absolute atomic E-state index is 6.08. The third kappa shape index (κ3) is 4.04. The molecular weight excluding hydrogens is 280 g/mol. The fourth-order valence-corrected chi connectivity index (χ4v) is 4.99. The molecule has 2 nitrogen and oxygen atoms in total. The zero-order valence-electron chi connectivity index (χ0n) is 12.9. The van der Waals surface area contributed by atoms with Gasteiger partial charge in [0.15, 0.2) is 0 Å². The number of hydrogen-bond acceptors (Lipinski definition) is 2. The Bertz CT molecular complexity index is 323. The minimum Gasteiger partial charge on any atom is -0.377 e. The lowest BCUT2D eigenvalue weighted by atomic mass is 9.96. The molecular formula is C16H28O2Si2. The summed E-state index contributed by atoms with van der Waals surface area (Å²) in [6.07, 6.45) is 7.70. The van der Waals surface area contributed by atoms with Gasteiger partial charge in [0.05, 0.1) is 10.4 Å². The summed E-state index contributed by atoms with van der Waals surface area (Å²) in [5, 5.41) is 0.329. The van der Waals surface area contributed by atoms with E-state index in [1.807, 2.05) is 36.4 Å². The second-order valence-electron chi connectivity index (χ2n) is 6.23. The van der Waals surface area contributed by atoms with Crippen LogP contribution in [-0.2, 0) is 9.47 Å². The Morgan fingerprint density at radius 2 is 0.950 bits per heavy atom. The quantitative estimate of drug-likeness (QED) is 0.726. The molecule has 0 aliphatic carbocycles. The van der Waals surface area contributed by atoms with E-state index in [9.17, 15) is 0 Å². The van der Waals surface area contributed by atoms with E-state index in [4.69, 9.17) is 9.47 Å². The minimum atomic E-state index is 0.165. The van der Waals surface area contributed by atoms with Crippen LogP contribution in [-0.4, -0.2) is 44.1 Å². The minimum absolute atomic E-state index is 0.165. The molecule has 2 aliphatic heterocycles. The van der Waals surface area contributed by atoms with E-state index in [1.54, 1.807) is 0 Å². The lowest BCUT2D eigenvalue weighted by molar-refractivity contribution is -0.157. The highest BCUT2D eigenvalue weighted by Crippen LogP contribution is 2.38. The summed E-state index contributed by atoms with van der Waals surface area (Å²) in [4.78, 5) is 0. The molecule has 0 bridgehead atoms. The number of hydrogen-bond donors (Lipinski definition) is 0. The van der Waals surface area contributed by atoms with E-state index in [2.05, 4.69) is 0 Å². The van der Waals surface area contributed by atoms with Gasteiger partial charge in [-0.25, -0.2) is 0 Å². The molecule has 4 heteroatoms. The fourth-order valence-electron chi connectivity index (χ4n) is 3.09. The maximum Gasteiger partial charge on any atom is 0.0727 e. The van der Waals surface area contributed by atoms with Gasteiger partial charge in [0.1, 0.15) is 0 Å². The van der Waals surface area contributed by atoms with Gasteiger partial charge >= 0.3 is 0 Å². The highest BCUT2D eigenvalue weighted by atomic mass is 28.2. The van der Waals surface area contributed by atoms with Gasteiger partial charge < -0.3 is 9.47 Å². The normalized spacial score (nSPS) is 34.2. The molecule has 1 aromatic rings. The third-order valence-electron chi connectivity index (χ3n) is 4.72. The van der Waals surface area contributed by atoms with Crippen LogP contribution in [0, 0.1) is 0 Å². The molecule has 1 aromatic carbocycles. The van der Waals surface area contributed by atoms with Gasteiger partial charge in [0.25, 0.3) is 0 Å². The zero-order chi connectivity index (χ0) is 14.3. The van der Waals surface area contributed by atoms with E-state index in [0.717, 1.165) is 33.7 Å². The molecule has 0 saturated carbocycles. The van der Waals surface area contributed by atoms with Crippen molar-refractivity contribution >= 4 is 20.5 Å². The molecule has 2 saturated heterocycles. The lowest BCUT2D eigenvalue weighted by Gasteiger charge is -2.50. The summed E-state index contributed by atoms with van der Waals surface area (Å²) in [5.74, 6) is 0. The maximum atomic E-state index is 6.08. The van der Waals surface area contributed by atoms with E-state index in [-0.39, 0.29) is 10.4 Å². The number of rotatable bonds is 1. The van der Waals surface area contributed by atoms with Crippen LogP contribution in [0.1, 0.15) is 38.5 Å². The zero-order valence-corrected chi connectivity index (χ0v) is 16.9. The van der Waals surface area contributed by atoms with Gasteiger partial charge in [-0.1, -0.05) is 36.4 Å².